The van der Waals surface area contributed by atoms with E-state index < -0.39 is 5.82 Å². The van der Waals surface area contributed by atoms with Gasteiger partial charge in [0, 0.05) is 61.6 Å². The van der Waals surface area contributed by atoms with Crippen LogP contribution in [0.2, 0.25) is 0 Å². The second kappa shape index (κ2) is 12.9. The number of halogens is 1. The molecule has 1 atom stereocenters. The van der Waals surface area contributed by atoms with Crippen molar-refractivity contribution < 1.29 is 14.0 Å². The minimum atomic E-state index is -0.457. The number of nitrogens with zero attached hydrogens (tertiary/aromatic N) is 8. The highest BCUT2D eigenvalue weighted by molar-refractivity contribution is 6.00. The van der Waals surface area contributed by atoms with Gasteiger partial charge in [-0.1, -0.05) is 30.3 Å². The molecule has 2 aliphatic rings. The first-order chi connectivity index (χ1) is 22.9. The first-order valence-corrected chi connectivity index (χ1v) is 15.9. The molecule has 0 aliphatic carbocycles. The van der Waals surface area contributed by atoms with Crippen molar-refractivity contribution in [2.45, 2.75) is 19.8 Å². The Balaban J connectivity index is 0.960. The number of H-pyrrole nitrogens is 1. The Hall–Kier alpha value is -5.23. The average Bonchev–Trinajstić information content (AvgIpc) is 3.86. The number of aromatic nitrogens is 6. The molecule has 0 saturated carbocycles. The second-order valence-corrected chi connectivity index (χ2v) is 12.1. The third kappa shape index (κ3) is 6.16. The number of carbonyl (C=O) groups excluding carboxylic acids is 2. The van der Waals surface area contributed by atoms with Crippen molar-refractivity contribution in [1.82, 2.24) is 39.7 Å². The molecule has 2 amide bonds. The number of pyridine rings is 1. The van der Waals surface area contributed by atoms with E-state index in [0.717, 1.165) is 34.1 Å². The topological polar surface area (TPSA) is 116 Å². The number of aryl methyl sites for hydroxylation is 1. The first kappa shape index (κ1) is 30.4. The summed E-state index contributed by atoms with van der Waals surface area (Å²) in [4.78, 5) is 40.9. The summed E-state index contributed by atoms with van der Waals surface area (Å²) in [6.07, 6.45) is 8.00. The van der Waals surface area contributed by atoms with Gasteiger partial charge >= 0.3 is 0 Å². The molecule has 3 aromatic heterocycles. The minimum absolute atomic E-state index is 0.0253. The summed E-state index contributed by atoms with van der Waals surface area (Å²) in [5.74, 6) is 0.139. The van der Waals surface area contributed by atoms with Crippen LogP contribution in [0, 0.1) is 11.7 Å². The molecule has 5 heterocycles. The molecule has 1 N–H and O–H groups in total. The lowest BCUT2D eigenvalue weighted by Gasteiger charge is -2.29. The number of anilines is 1. The predicted molar refractivity (Wildman–Crippen MR) is 177 cm³/mol. The summed E-state index contributed by atoms with van der Waals surface area (Å²) in [5.41, 5.74) is 5.66. The van der Waals surface area contributed by atoms with E-state index in [-0.39, 0.29) is 17.7 Å². The number of aromatic amines is 1. The third-order valence-electron chi connectivity index (χ3n) is 9.12. The van der Waals surface area contributed by atoms with Gasteiger partial charge < -0.3 is 9.80 Å². The van der Waals surface area contributed by atoms with Crippen molar-refractivity contribution in [2.24, 2.45) is 13.0 Å². The summed E-state index contributed by atoms with van der Waals surface area (Å²) in [6, 6.07) is 15.5. The van der Waals surface area contributed by atoms with Gasteiger partial charge in [0.25, 0.3) is 0 Å². The summed E-state index contributed by atoms with van der Waals surface area (Å²) >= 11 is 0. The van der Waals surface area contributed by atoms with Crippen molar-refractivity contribution in [2.75, 3.05) is 44.2 Å². The molecule has 11 nitrogen and oxygen atoms in total. The SMILES string of the molecule is CCN(C(=O)[C@@H]1CCN(CC(=O)N2CC=C(c3ccc(-c4ncn(C)n4)cc3)CC2)C1)c1ccc2[nH]nc(-c3ccncc3F)c2c1. The van der Waals surface area contributed by atoms with Crippen LogP contribution in [-0.4, -0.2) is 90.8 Å². The van der Waals surface area contributed by atoms with Gasteiger partial charge in [-0.25, -0.2) is 9.37 Å². The van der Waals surface area contributed by atoms with Crippen molar-refractivity contribution in [3.63, 3.8) is 0 Å². The van der Waals surface area contributed by atoms with Gasteiger partial charge in [0.15, 0.2) is 11.6 Å². The van der Waals surface area contributed by atoms with E-state index in [4.69, 9.17) is 0 Å². The number of rotatable bonds is 8. The zero-order valence-electron chi connectivity index (χ0n) is 26.4. The monoisotopic (exact) mass is 633 g/mol. The molecule has 1 fully saturated rings. The molecule has 0 spiro atoms. The second-order valence-electron chi connectivity index (χ2n) is 12.1. The minimum Gasteiger partial charge on any atom is -0.338 e. The summed E-state index contributed by atoms with van der Waals surface area (Å²) in [5, 5.41) is 12.4. The van der Waals surface area contributed by atoms with Crippen LogP contribution in [0.4, 0.5) is 10.1 Å². The van der Waals surface area contributed by atoms with Crippen molar-refractivity contribution >= 4 is 34.0 Å². The molecular formula is C35H36FN9O2. The molecule has 5 aromatic rings. The molecule has 240 valence electrons. The Kier molecular flexibility index (Phi) is 8.33. The Morgan fingerprint density at radius 1 is 1.09 bits per heavy atom. The van der Waals surface area contributed by atoms with Crippen LogP contribution < -0.4 is 4.90 Å². The lowest BCUT2D eigenvalue weighted by Crippen LogP contribution is -2.42. The van der Waals surface area contributed by atoms with E-state index in [2.05, 4.69) is 48.4 Å². The van der Waals surface area contributed by atoms with Gasteiger partial charge in [0.05, 0.1) is 24.2 Å². The maximum Gasteiger partial charge on any atom is 0.237 e. The van der Waals surface area contributed by atoms with Gasteiger partial charge in [0.2, 0.25) is 11.8 Å². The number of likely N-dealkylation sites (tertiary alicyclic amines) is 1. The van der Waals surface area contributed by atoms with Gasteiger partial charge in [-0.15, -0.1) is 0 Å². The number of carbonyl (C=O) groups is 2. The molecule has 0 radical (unpaired) electrons. The maximum absolute atomic E-state index is 14.5. The number of benzene rings is 2. The molecular weight excluding hydrogens is 597 g/mol. The van der Waals surface area contributed by atoms with E-state index in [1.807, 2.05) is 49.2 Å². The standard InChI is InChI=1S/C35H36FN9O2/c1-3-45(27-8-9-31-29(18-27)33(40-39-31)28-10-14-37-19-30(28)36)35(47)26-11-15-43(20-26)21-32(46)44-16-12-24(13-17-44)23-4-6-25(7-5-23)34-38-22-42(2)41-34/h4-10,12,14,18-19,22,26H,3,11,13,15-17,20-21H2,1-2H3,(H,39,40)/t26-/m1/s1. The predicted octanol–water partition coefficient (Wildman–Crippen LogP) is 4.55. The summed E-state index contributed by atoms with van der Waals surface area (Å²) in [6.45, 7) is 5.19. The Morgan fingerprint density at radius 3 is 2.64 bits per heavy atom. The largest absolute Gasteiger partial charge is 0.338 e. The molecule has 2 aromatic carbocycles. The fraction of sp³-hybridized carbons (Fsp3) is 0.314. The van der Waals surface area contributed by atoms with Crippen molar-refractivity contribution in [1.29, 1.82) is 0 Å². The highest BCUT2D eigenvalue weighted by Crippen LogP contribution is 2.32. The molecule has 12 heteroatoms. The van der Waals surface area contributed by atoms with Crippen LogP contribution in [0.15, 0.2) is 73.3 Å². The summed E-state index contributed by atoms with van der Waals surface area (Å²) in [7, 11) is 1.85. The third-order valence-corrected chi connectivity index (χ3v) is 9.12. The lowest BCUT2D eigenvalue weighted by atomic mass is 9.98. The number of hydrogen-bond acceptors (Lipinski definition) is 7. The zero-order chi connectivity index (χ0) is 32.5. The molecule has 47 heavy (non-hydrogen) atoms. The smallest absolute Gasteiger partial charge is 0.237 e. The van der Waals surface area contributed by atoms with Crippen molar-refractivity contribution in [3.05, 3.63) is 84.7 Å². The highest BCUT2D eigenvalue weighted by Gasteiger charge is 2.33. The number of amides is 2. The molecule has 0 unspecified atom stereocenters. The quantitative estimate of drug-likeness (QED) is 0.267. The molecule has 7 rings (SSSR count). The van der Waals surface area contributed by atoms with Crippen LogP contribution in [0.5, 0.6) is 0 Å². The van der Waals surface area contributed by atoms with E-state index in [0.29, 0.717) is 62.8 Å². The molecule has 0 bridgehead atoms. The van der Waals surface area contributed by atoms with Gasteiger partial charge in [-0.05, 0) is 61.7 Å². The van der Waals surface area contributed by atoms with Crippen LogP contribution >= 0.6 is 0 Å². The Bertz CT molecular complexity index is 1970. The summed E-state index contributed by atoms with van der Waals surface area (Å²) < 4.78 is 16.2. The van der Waals surface area contributed by atoms with Crippen LogP contribution in [-0.2, 0) is 16.6 Å². The highest BCUT2D eigenvalue weighted by atomic mass is 19.1. The normalized spacial score (nSPS) is 16.9. The number of nitrogens with one attached hydrogen (secondary N) is 1. The fourth-order valence-electron chi connectivity index (χ4n) is 6.56. The van der Waals surface area contributed by atoms with E-state index in [1.54, 1.807) is 22.0 Å². The first-order valence-electron chi connectivity index (χ1n) is 15.9. The zero-order valence-corrected chi connectivity index (χ0v) is 26.4. The Labute approximate surface area is 271 Å². The average molecular weight is 634 g/mol. The van der Waals surface area contributed by atoms with Crippen molar-refractivity contribution in [3.8, 4) is 22.6 Å². The van der Waals surface area contributed by atoms with Gasteiger partial charge in [-0.2, -0.15) is 10.2 Å². The number of fused-ring (bicyclic) bond motifs is 1. The van der Waals surface area contributed by atoms with Crippen LogP contribution in [0.25, 0.3) is 39.1 Å². The Morgan fingerprint density at radius 2 is 1.91 bits per heavy atom. The van der Waals surface area contributed by atoms with E-state index in [1.165, 1.54) is 18.0 Å². The van der Waals surface area contributed by atoms with Crippen LogP contribution in [0.1, 0.15) is 25.3 Å². The van der Waals surface area contributed by atoms with Crippen LogP contribution in [0.3, 0.4) is 0 Å². The molecule has 1 saturated heterocycles. The van der Waals surface area contributed by atoms with Gasteiger partial charge in [0.1, 0.15) is 12.0 Å². The lowest BCUT2D eigenvalue weighted by molar-refractivity contribution is -0.132. The fourth-order valence-corrected chi connectivity index (χ4v) is 6.56. The van der Waals surface area contributed by atoms with E-state index in [9.17, 15) is 14.0 Å². The van der Waals surface area contributed by atoms with E-state index >= 15 is 0 Å². The molecule has 2 aliphatic heterocycles. The number of hydrogen-bond donors (Lipinski definition) is 1. The van der Waals surface area contributed by atoms with Gasteiger partial charge in [-0.3, -0.25) is 29.3 Å². The maximum atomic E-state index is 14.5.